The number of carbonyl (C=O) groups is 1. The Hall–Kier alpha value is -1.19. The molecule has 0 amide bonds. The molecule has 0 saturated heterocycles. The molecule has 0 spiro atoms. The Morgan fingerprint density at radius 1 is 1.48 bits per heavy atom. The monoisotopic (exact) mass is 382 g/mol. The summed E-state index contributed by atoms with van der Waals surface area (Å²) in [5.74, 6) is -1.08. The van der Waals surface area contributed by atoms with Gasteiger partial charge in [0.1, 0.15) is 5.82 Å². The summed E-state index contributed by atoms with van der Waals surface area (Å²) in [6.07, 6.45) is -0.0679. The number of nitrogens with one attached hydrogen (secondary N) is 1. The van der Waals surface area contributed by atoms with Crippen molar-refractivity contribution in [1.29, 1.82) is 0 Å². The van der Waals surface area contributed by atoms with E-state index in [-0.39, 0.29) is 23.1 Å². The summed E-state index contributed by atoms with van der Waals surface area (Å²) in [4.78, 5) is 11.0. The highest BCUT2D eigenvalue weighted by atomic mass is 79.9. The van der Waals surface area contributed by atoms with Crippen LogP contribution in [-0.2, 0) is 19.7 Å². The van der Waals surface area contributed by atoms with Gasteiger partial charge in [0.05, 0.1) is 23.7 Å². The predicted molar refractivity (Wildman–Crippen MR) is 80.6 cm³/mol. The summed E-state index contributed by atoms with van der Waals surface area (Å²) in [5.41, 5.74) is 0.703. The van der Waals surface area contributed by atoms with E-state index in [0.29, 0.717) is 5.56 Å². The van der Waals surface area contributed by atoms with Gasteiger partial charge in [-0.2, -0.15) is 12.7 Å². The summed E-state index contributed by atoms with van der Waals surface area (Å²) in [6, 6.07) is 2.56. The zero-order valence-corrected chi connectivity index (χ0v) is 14.2. The van der Waals surface area contributed by atoms with Crippen LogP contribution < -0.4 is 4.72 Å². The number of benzene rings is 1. The molecule has 0 aliphatic heterocycles. The number of ether oxygens (including phenoxy) is 1. The van der Waals surface area contributed by atoms with E-state index in [1.54, 1.807) is 6.92 Å². The zero-order valence-electron chi connectivity index (χ0n) is 11.8. The molecule has 6 nitrogen and oxygen atoms in total. The zero-order chi connectivity index (χ0) is 16.2. The third kappa shape index (κ3) is 4.94. The van der Waals surface area contributed by atoms with Gasteiger partial charge < -0.3 is 4.74 Å². The SMILES string of the molecule is COC(=O)CCN(C)S(=O)(=O)Nc1cc(F)c(Br)cc1C. The molecule has 21 heavy (non-hydrogen) atoms. The Bertz CT molecular complexity index is 636. The van der Waals surface area contributed by atoms with Gasteiger partial charge in [-0.25, -0.2) is 4.39 Å². The van der Waals surface area contributed by atoms with E-state index >= 15 is 0 Å². The van der Waals surface area contributed by atoms with E-state index in [2.05, 4.69) is 25.4 Å². The molecule has 0 unspecified atom stereocenters. The average molecular weight is 383 g/mol. The van der Waals surface area contributed by atoms with Gasteiger partial charge in [0.15, 0.2) is 0 Å². The molecule has 9 heteroatoms. The van der Waals surface area contributed by atoms with Gasteiger partial charge in [0.2, 0.25) is 0 Å². The minimum atomic E-state index is -3.88. The number of methoxy groups -OCH3 is 1. The second kappa shape index (κ2) is 7.19. The molecule has 0 aliphatic rings. The van der Waals surface area contributed by atoms with Crippen LogP contribution in [0.15, 0.2) is 16.6 Å². The molecular formula is C12H16BrFN2O4S. The molecule has 118 valence electrons. The van der Waals surface area contributed by atoms with Crippen LogP contribution in [0.3, 0.4) is 0 Å². The van der Waals surface area contributed by atoms with Crippen LogP contribution in [-0.4, -0.2) is 39.4 Å². The highest BCUT2D eigenvalue weighted by molar-refractivity contribution is 9.10. The van der Waals surface area contributed by atoms with Gasteiger partial charge >= 0.3 is 16.2 Å². The fourth-order valence-electron chi connectivity index (χ4n) is 1.44. The fourth-order valence-corrected chi connectivity index (χ4v) is 2.89. The number of aryl methyl sites for hydroxylation is 1. The smallest absolute Gasteiger partial charge is 0.306 e. The molecule has 0 heterocycles. The number of anilines is 1. The van der Waals surface area contributed by atoms with Gasteiger partial charge in [-0.15, -0.1) is 0 Å². The Morgan fingerprint density at radius 2 is 2.10 bits per heavy atom. The summed E-state index contributed by atoms with van der Waals surface area (Å²) in [6.45, 7) is 1.61. The minimum Gasteiger partial charge on any atom is -0.469 e. The highest BCUT2D eigenvalue weighted by Gasteiger charge is 2.20. The topological polar surface area (TPSA) is 75.7 Å². The van der Waals surface area contributed by atoms with E-state index < -0.39 is 22.0 Å². The molecule has 0 fully saturated rings. The number of esters is 1. The first-order valence-electron chi connectivity index (χ1n) is 5.94. The second-order valence-electron chi connectivity index (χ2n) is 4.34. The minimum absolute atomic E-state index is 0.0416. The van der Waals surface area contributed by atoms with E-state index in [1.807, 2.05) is 0 Å². The van der Waals surface area contributed by atoms with Crippen LogP contribution in [0.4, 0.5) is 10.1 Å². The van der Waals surface area contributed by atoms with E-state index in [9.17, 15) is 17.6 Å². The van der Waals surface area contributed by atoms with E-state index in [0.717, 1.165) is 10.4 Å². The van der Waals surface area contributed by atoms with E-state index in [1.165, 1.54) is 20.2 Å². The van der Waals surface area contributed by atoms with Crippen molar-refractivity contribution < 1.29 is 22.3 Å². The lowest BCUT2D eigenvalue weighted by Gasteiger charge is -2.19. The Labute approximate surface area is 131 Å². The Kier molecular flexibility index (Phi) is 6.11. The van der Waals surface area contributed by atoms with Gasteiger partial charge in [-0.1, -0.05) is 0 Å². The summed E-state index contributed by atoms with van der Waals surface area (Å²) >= 11 is 3.02. The number of hydrogen-bond donors (Lipinski definition) is 1. The molecule has 1 N–H and O–H groups in total. The maximum atomic E-state index is 13.5. The lowest BCUT2D eigenvalue weighted by atomic mass is 10.2. The highest BCUT2D eigenvalue weighted by Crippen LogP contribution is 2.25. The van der Waals surface area contributed by atoms with Crippen molar-refractivity contribution in [2.24, 2.45) is 0 Å². The molecule has 0 radical (unpaired) electrons. The predicted octanol–water partition coefficient (Wildman–Crippen LogP) is 2.05. The Morgan fingerprint density at radius 3 is 2.67 bits per heavy atom. The maximum Gasteiger partial charge on any atom is 0.306 e. The fraction of sp³-hybridized carbons (Fsp3) is 0.417. The summed E-state index contributed by atoms with van der Waals surface area (Å²) < 4.78 is 45.6. The van der Waals surface area contributed by atoms with Gasteiger partial charge in [-0.05, 0) is 40.5 Å². The van der Waals surface area contributed by atoms with E-state index in [4.69, 9.17) is 0 Å². The van der Waals surface area contributed by atoms with Crippen molar-refractivity contribution >= 4 is 37.8 Å². The van der Waals surface area contributed by atoms with Crippen LogP contribution in [0.1, 0.15) is 12.0 Å². The quantitative estimate of drug-likeness (QED) is 0.763. The third-order valence-corrected chi connectivity index (χ3v) is 4.86. The average Bonchev–Trinajstić information content (AvgIpc) is 2.41. The standard InChI is InChI=1S/C12H16BrFN2O4S/c1-8-6-9(13)10(14)7-11(8)15-21(18,19)16(2)5-4-12(17)20-3/h6-7,15H,4-5H2,1-3H3. The first-order chi connectivity index (χ1) is 9.67. The first kappa shape index (κ1) is 17.9. The largest absolute Gasteiger partial charge is 0.469 e. The van der Waals surface area contributed by atoms with Crippen LogP contribution in [0, 0.1) is 12.7 Å². The number of nitrogens with zero attached hydrogens (tertiary/aromatic N) is 1. The molecule has 1 aromatic carbocycles. The summed E-state index contributed by atoms with van der Waals surface area (Å²) in [7, 11) is -1.34. The molecule has 0 aliphatic carbocycles. The normalized spacial score (nSPS) is 11.5. The van der Waals surface area contributed by atoms with Crippen molar-refractivity contribution in [3.05, 3.63) is 28.0 Å². The maximum absolute atomic E-state index is 13.5. The molecule has 1 aromatic rings. The lowest BCUT2D eigenvalue weighted by molar-refractivity contribution is -0.140. The molecule has 0 saturated carbocycles. The van der Waals surface area contributed by atoms with Gasteiger partial charge in [0, 0.05) is 13.6 Å². The molecule has 0 aromatic heterocycles. The number of hydrogen-bond acceptors (Lipinski definition) is 4. The third-order valence-electron chi connectivity index (χ3n) is 2.78. The van der Waals surface area contributed by atoms with Crippen molar-refractivity contribution in [3.63, 3.8) is 0 Å². The molecule has 0 bridgehead atoms. The summed E-state index contributed by atoms with van der Waals surface area (Å²) in [5, 5.41) is 0. The van der Waals surface area contributed by atoms with Crippen molar-refractivity contribution in [1.82, 2.24) is 4.31 Å². The van der Waals surface area contributed by atoms with Crippen molar-refractivity contribution in [2.45, 2.75) is 13.3 Å². The second-order valence-corrected chi connectivity index (χ2v) is 6.97. The van der Waals surface area contributed by atoms with Crippen LogP contribution in [0.25, 0.3) is 0 Å². The molecule has 1 rings (SSSR count). The molecular weight excluding hydrogens is 367 g/mol. The van der Waals surface area contributed by atoms with Crippen LogP contribution >= 0.6 is 15.9 Å². The lowest BCUT2D eigenvalue weighted by Crippen LogP contribution is -2.34. The van der Waals surface area contributed by atoms with Crippen molar-refractivity contribution in [3.8, 4) is 0 Å². The number of rotatable bonds is 6. The first-order valence-corrected chi connectivity index (χ1v) is 8.17. The number of carbonyl (C=O) groups excluding carboxylic acids is 1. The Balaban J connectivity index is 2.85. The van der Waals surface area contributed by atoms with Gasteiger partial charge in [-0.3, -0.25) is 9.52 Å². The van der Waals surface area contributed by atoms with Crippen LogP contribution in [0.5, 0.6) is 0 Å². The van der Waals surface area contributed by atoms with Gasteiger partial charge in [0.25, 0.3) is 0 Å². The molecule has 0 atom stereocenters. The van der Waals surface area contributed by atoms with Crippen molar-refractivity contribution in [2.75, 3.05) is 25.4 Å². The van der Waals surface area contributed by atoms with Crippen LogP contribution in [0.2, 0.25) is 0 Å². The number of halogens is 2.